The van der Waals surface area contributed by atoms with E-state index in [0.717, 1.165) is 28.6 Å². The Labute approximate surface area is 118 Å². The maximum Gasteiger partial charge on any atom is 0.127 e. The number of furan rings is 1. The summed E-state index contributed by atoms with van der Waals surface area (Å²) in [5, 5.41) is 3.29. The Bertz CT molecular complexity index is 606. The third kappa shape index (κ3) is 3.32. The lowest BCUT2D eigenvalue weighted by atomic mass is 10.2. The van der Waals surface area contributed by atoms with E-state index in [1.165, 1.54) is 0 Å². The number of nitrogens with two attached hydrogens (primary N) is 1. The average Bonchev–Trinajstić information content (AvgIpc) is 2.75. The molecule has 5 heteroatoms. The molecule has 0 spiro atoms. The normalized spacial score (nSPS) is 12.2. The Morgan fingerprint density at radius 2 is 2.11 bits per heavy atom. The highest BCUT2D eigenvalue weighted by atomic mass is 32.1. The predicted molar refractivity (Wildman–Crippen MR) is 80.3 cm³/mol. The van der Waals surface area contributed by atoms with Gasteiger partial charge in [-0.15, -0.1) is 0 Å². The molecule has 2 rings (SSSR count). The number of pyridine rings is 1. The first kappa shape index (κ1) is 13.5. The van der Waals surface area contributed by atoms with Gasteiger partial charge in [-0.2, -0.15) is 0 Å². The van der Waals surface area contributed by atoms with Gasteiger partial charge in [-0.25, -0.2) is 4.98 Å². The van der Waals surface area contributed by atoms with Crippen LogP contribution in [0.3, 0.4) is 0 Å². The summed E-state index contributed by atoms with van der Waals surface area (Å²) in [5.74, 6) is 2.51. The van der Waals surface area contributed by atoms with Crippen LogP contribution in [0.15, 0.2) is 28.7 Å². The van der Waals surface area contributed by atoms with Crippen molar-refractivity contribution in [3.05, 3.63) is 47.0 Å². The number of aromatic nitrogens is 1. The molecular weight excluding hydrogens is 258 g/mol. The van der Waals surface area contributed by atoms with E-state index in [4.69, 9.17) is 22.4 Å². The summed E-state index contributed by atoms with van der Waals surface area (Å²) in [6, 6.07) is 7.65. The molecule has 0 bridgehead atoms. The van der Waals surface area contributed by atoms with Gasteiger partial charge in [0.2, 0.25) is 0 Å². The number of hydrogen-bond donors (Lipinski definition) is 2. The van der Waals surface area contributed by atoms with Crippen molar-refractivity contribution >= 4 is 23.0 Å². The average molecular weight is 275 g/mol. The van der Waals surface area contributed by atoms with Gasteiger partial charge >= 0.3 is 0 Å². The molecule has 0 amide bonds. The zero-order chi connectivity index (χ0) is 14.0. The minimum Gasteiger partial charge on any atom is -0.464 e. The molecule has 3 N–H and O–H groups in total. The number of hydrogen-bond acceptors (Lipinski definition) is 4. The lowest BCUT2D eigenvalue weighted by Crippen LogP contribution is -2.13. The molecule has 4 nitrogen and oxygen atoms in total. The molecule has 0 fully saturated rings. The van der Waals surface area contributed by atoms with Crippen molar-refractivity contribution < 1.29 is 4.42 Å². The van der Waals surface area contributed by atoms with Crippen molar-refractivity contribution in [3.63, 3.8) is 0 Å². The van der Waals surface area contributed by atoms with Crippen LogP contribution in [0.25, 0.3) is 0 Å². The highest BCUT2D eigenvalue weighted by Gasteiger charge is 2.11. The summed E-state index contributed by atoms with van der Waals surface area (Å²) in [5.41, 5.74) is 7.34. The lowest BCUT2D eigenvalue weighted by Gasteiger charge is -2.13. The summed E-state index contributed by atoms with van der Waals surface area (Å²) in [4.78, 5) is 4.79. The molecule has 2 heterocycles. The molecule has 1 unspecified atom stereocenters. The number of rotatable bonds is 4. The highest BCUT2D eigenvalue weighted by Crippen LogP contribution is 2.21. The van der Waals surface area contributed by atoms with E-state index in [2.05, 4.69) is 10.3 Å². The Balaban J connectivity index is 2.21. The van der Waals surface area contributed by atoms with Crippen LogP contribution in [0.5, 0.6) is 0 Å². The fourth-order valence-electron chi connectivity index (χ4n) is 1.86. The number of nitrogens with zero attached hydrogens (tertiary/aromatic N) is 1. The molecule has 0 aliphatic heterocycles. The van der Waals surface area contributed by atoms with E-state index in [1.54, 1.807) is 0 Å². The lowest BCUT2D eigenvalue weighted by molar-refractivity contribution is 0.466. The van der Waals surface area contributed by atoms with Gasteiger partial charge in [0.05, 0.1) is 6.04 Å². The van der Waals surface area contributed by atoms with E-state index in [-0.39, 0.29) is 6.04 Å². The van der Waals surface area contributed by atoms with Gasteiger partial charge in [0.25, 0.3) is 0 Å². The first-order valence-electron chi connectivity index (χ1n) is 6.07. The van der Waals surface area contributed by atoms with Gasteiger partial charge in [-0.05, 0) is 45.0 Å². The topological polar surface area (TPSA) is 64.1 Å². The summed E-state index contributed by atoms with van der Waals surface area (Å²) in [6.07, 6.45) is 0. The van der Waals surface area contributed by atoms with Crippen LogP contribution in [0, 0.1) is 13.8 Å². The van der Waals surface area contributed by atoms with Crippen LogP contribution in [-0.2, 0) is 0 Å². The summed E-state index contributed by atoms with van der Waals surface area (Å²) >= 11 is 5.00. The third-order valence-corrected chi connectivity index (χ3v) is 3.03. The second-order valence-electron chi connectivity index (χ2n) is 4.56. The monoisotopic (exact) mass is 275 g/mol. The van der Waals surface area contributed by atoms with Crippen molar-refractivity contribution in [3.8, 4) is 0 Å². The third-order valence-electron chi connectivity index (χ3n) is 2.79. The summed E-state index contributed by atoms with van der Waals surface area (Å²) in [6.45, 7) is 5.85. The molecule has 0 aliphatic carbocycles. The summed E-state index contributed by atoms with van der Waals surface area (Å²) in [7, 11) is 0. The van der Waals surface area contributed by atoms with Crippen molar-refractivity contribution in [2.24, 2.45) is 5.73 Å². The van der Waals surface area contributed by atoms with E-state index >= 15 is 0 Å². The van der Waals surface area contributed by atoms with E-state index in [0.29, 0.717) is 4.99 Å². The van der Waals surface area contributed by atoms with Crippen molar-refractivity contribution in [1.29, 1.82) is 0 Å². The predicted octanol–water partition coefficient (Wildman–Crippen LogP) is 3.10. The largest absolute Gasteiger partial charge is 0.464 e. The minimum absolute atomic E-state index is 0.0298. The first-order chi connectivity index (χ1) is 8.95. The number of thiocarbonyl (C=S) groups is 1. The molecule has 19 heavy (non-hydrogen) atoms. The van der Waals surface area contributed by atoms with Gasteiger partial charge < -0.3 is 15.5 Å². The quantitative estimate of drug-likeness (QED) is 0.839. The SMILES string of the molecule is Cc1cc(C(N)=S)cc(NC(C)c2ccc(C)o2)n1. The maximum atomic E-state index is 5.65. The van der Waals surface area contributed by atoms with Crippen molar-refractivity contribution in [2.45, 2.75) is 26.8 Å². The summed E-state index contributed by atoms with van der Waals surface area (Å²) < 4.78 is 5.58. The van der Waals surface area contributed by atoms with Crippen molar-refractivity contribution in [2.75, 3.05) is 5.32 Å². The molecule has 100 valence electrons. The van der Waals surface area contributed by atoms with Crippen molar-refractivity contribution in [1.82, 2.24) is 4.98 Å². The van der Waals surface area contributed by atoms with Crippen LogP contribution in [0.2, 0.25) is 0 Å². The van der Waals surface area contributed by atoms with Crippen LogP contribution in [0.4, 0.5) is 5.82 Å². The van der Waals surface area contributed by atoms with Crippen LogP contribution < -0.4 is 11.1 Å². The molecule has 0 saturated heterocycles. The molecule has 1 atom stereocenters. The Morgan fingerprint density at radius 3 is 2.68 bits per heavy atom. The molecule has 0 radical (unpaired) electrons. The van der Waals surface area contributed by atoms with Gasteiger partial charge in [-0.1, -0.05) is 12.2 Å². The molecule has 2 aromatic rings. The second-order valence-corrected chi connectivity index (χ2v) is 5.00. The van der Waals surface area contributed by atoms with Gasteiger partial charge in [0.1, 0.15) is 22.3 Å². The molecule has 0 saturated carbocycles. The molecule has 0 aliphatic rings. The number of aryl methyl sites for hydroxylation is 2. The second kappa shape index (κ2) is 5.40. The fraction of sp³-hybridized carbons (Fsp3) is 0.286. The van der Waals surface area contributed by atoms with Crippen LogP contribution >= 0.6 is 12.2 Å². The zero-order valence-corrected chi connectivity index (χ0v) is 12.0. The van der Waals surface area contributed by atoms with E-state index < -0.39 is 0 Å². The number of anilines is 1. The molecule has 0 aromatic carbocycles. The Hall–Kier alpha value is -1.88. The maximum absolute atomic E-state index is 5.65. The van der Waals surface area contributed by atoms with E-state index in [1.807, 2.05) is 45.0 Å². The van der Waals surface area contributed by atoms with Gasteiger partial charge in [0, 0.05) is 11.3 Å². The Kier molecular flexibility index (Phi) is 3.85. The van der Waals surface area contributed by atoms with Gasteiger partial charge in [-0.3, -0.25) is 0 Å². The zero-order valence-electron chi connectivity index (χ0n) is 11.2. The highest BCUT2D eigenvalue weighted by molar-refractivity contribution is 7.80. The van der Waals surface area contributed by atoms with E-state index in [9.17, 15) is 0 Å². The van der Waals surface area contributed by atoms with Crippen LogP contribution in [0.1, 0.15) is 35.7 Å². The minimum atomic E-state index is 0.0298. The Morgan fingerprint density at radius 1 is 1.37 bits per heavy atom. The first-order valence-corrected chi connectivity index (χ1v) is 6.48. The van der Waals surface area contributed by atoms with Crippen LogP contribution in [-0.4, -0.2) is 9.97 Å². The molecule has 2 aromatic heterocycles. The molecular formula is C14H17N3OS. The fourth-order valence-corrected chi connectivity index (χ4v) is 1.98. The van der Waals surface area contributed by atoms with Gasteiger partial charge in [0.15, 0.2) is 0 Å². The smallest absolute Gasteiger partial charge is 0.127 e. The number of nitrogens with one attached hydrogen (secondary N) is 1. The standard InChI is InChI=1S/C14H17N3OS/c1-8-6-11(14(15)19)7-13(16-8)17-10(3)12-5-4-9(2)18-12/h4-7,10H,1-3H3,(H2,15,19)(H,16,17).